The molecular weight excluding hydrogens is 791 g/mol. The van der Waals surface area contributed by atoms with Crippen LogP contribution in [-0.4, -0.2) is 15.0 Å². The van der Waals surface area contributed by atoms with E-state index >= 15 is 0 Å². The quantitative estimate of drug-likeness (QED) is 0.153. The molecule has 0 aliphatic carbocycles. The van der Waals surface area contributed by atoms with Gasteiger partial charge in [0.05, 0.1) is 0 Å². The molecular formula is C61H39N3O. The van der Waals surface area contributed by atoms with Crippen LogP contribution in [0.5, 0.6) is 0 Å². The number of hydrogen-bond acceptors (Lipinski definition) is 4. The summed E-state index contributed by atoms with van der Waals surface area (Å²) in [6, 6.07) is 83.0. The average molecular weight is 830 g/mol. The van der Waals surface area contributed by atoms with Crippen LogP contribution in [0.2, 0.25) is 0 Å². The zero-order valence-corrected chi connectivity index (χ0v) is 35.3. The van der Waals surface area contributed by atoms with E-state index in [1.165, 1.54) is 22.3 Å². The Balaban J connectivity index is 1.01. The highest BCUT2D eigenvalue weighted by Crippen LogP contribution is 2.43. The van der Waals surface area contributed by atoms with Gasteiger partial charge in [-0.3, -0.25) is 0 Å². The van der Waals surface area contributed by atoms with Gasteiger partial charge in [-0.2, -0.15) is 0 Å². The number of rotatable bonds is 8. The van der Waals surface area contributed by atoms with E-state index in [0.29, 0.717) is 17.5 Å². The molecule has 0 aliphatic rings. The van der Waals surface area contributed by atoms with E-state index in [2.05, 4.69) is 200 Å². The summed E-state index contributed by atoms with van der Waals surface area (Å²) in [6.07, 6.45) is 0. The topological polar surface area (TPSA) is 51.8 Å². The Bertz CT molecular complexity index is 3680. The first kappa shape index (κ1) is 38.0. The minimum absolute atomic E-state index is 0.579. The highest BCUT2D eigenvalue weighted by Gasteiger charge is 2.22. The van der Waals surface area contributed by atoms with Crippen molar-refractivity contribution < 1.29 is 4.42 Å². The number of fused-ring (bicyclic) bond motifs is 4. The Hall–Kier alpha value is -8.73. The second-order valence-electron chi connectivity index (χ2n) is 16.4. The van der Waals surface area contributed by atoms with Crippen molar-refractivity contribution >= 4 is 32.7 Å². The third-order valence-corrected chi connectivity index (χ3v) is 12.3. The van der Waals surface area contributed by atoms with Crippen LogP contribution in [0.25, 0.3) is 123 Å². The molecule has 10 aromatic carbocycles. The standard InChI is InChI=1S/C61H39N3O/c1-5-17-40(18-6-1)48-35-49(37-50(36-48)52-28-16-15-27-51(52)42-19-7-2-8-20-42)41-29-31-45(32-30-41)60-62-59(44-23-11-4-12-24-44)63-61(64-60)54-34-33-53(43-21-9-3-10-22-43)58-57(54)55-38-46-25-13-14-26-47(46)39-56(55)65-58/h1-39H. The van der Waals surface area contributed by atoms with Crippen LogP contribution < -0.4 is 0 Å². The molecule has 2 aromatic heterocycles. The number of benzene rings is 10. The molecule has 0 unspecified atom stereocenters. The van der Waals surface area contributed by atoms with E-state index in [0.717, 1.165) is 82.8 Å². The maximum Gasteiger partial charge on any atom is 0.164 e. The third-order valence-electron chi connectivity index (χ3n) is 12.3. The van der Waals surface area contributed by atoms with Crippen LogP contribution in [0, 0.1) is 0 Å². The lowest BCUT2D eigenvalue weighted by molar-refractivity contribution is 0.670. The molecule has 2 heterocycles. The fourth-order valence-electron chi connectivity index (χ4n) is 9.10. The Labute approximate surface area is 376 Å². The molecule has 0 saturated heterocycles. The highest BCUT2D eigenvalue weighted by molar-refractivity contribution is 6.18. The first-order chi connectivity index (χ1) is 32.2. The summed E-state index contributed by atoms with van der Waals surface area (Å²) >= 11 is 0. The largest absolute Gasteiger partial charge is 0.455 e. The number of furan rings is 1. The lowest BCUT2D eigenvalue weighted by Crippen LogP contribution is -2.00. The Morgan fingerprint density at radius 2 is 0.677 bits per heavy atom. The summed E-state index contributed by atoms with van der Waals surface area (Å²) in [6.45, 7) is 0. The van der Waals surface area contributed by atoms with E-state index in [1.807, 2.05) is 36.4 Å². The van der Waals surface area contributed by atoms with E-state index in [9.17, 15) is 0 Å². The minimum atomic E-state index is 0.579. The number of hydrogen-bond donors (Lipinski definition) is 0. The molecule has 0 amide bonds. The van der Waals surface area contributed by atoms with Gasteiger partial charge in [-0.15, -0.1) is 0 Å². The molecule has 0 radical (unpaired) electrons. The molecule has 0 bridgehead atoms. The second kappa shape index (κ2) is 16.2. The van der Waals surface area contributed by atoms with Crippen molar-refractivity contribution in [3.05, 3.63) is 237 Å². The van der Waals surface area contributed by atoms with E-state index in [-0.39, 0.29) is 0 Å². The lowest BCUT2D eigenvalue weighted by Gasteiger charge is -2.15. The van der Waals surface area contributed by atoms with E-state index < -0.39 is 0 Å². The second-order valence-corrected chi connectivity index (χ2v) is 16.4. The van der Waals surface area contributed by atoms with Gasteiger partial charge in [-0.25, -0.2) is 15.0 Å². The predicted octanol–water partition coefficient (Wildman–Crippen LogP) is 16.3. The molecule has 12 aromatic rings. The van der Waals surface area contributed by atoms with Gasteiger partial charge in [0.1, 0.15) is 11.2 Å². The Morgan fingerprint density at radius 3 is 1.29 bits per heavy atom. The summed E-state index contributed by atoms with van der Waals surface area (Å²) in [4.78, 5) is 15.6. The van der Waals surface area contributed by atoms with Gasteiger partial charge in [0, 0.05) is 33.0 Å². The zero-order valence-electron chi connectivity index (χ0n) is 35.3. The predicted molar refractivity (Wildman–Crippen MR) is 268 cm³/mol. The Morgan fingerprint density at radius 1 is 0.262 bits per heavy atom. The number of aromatic nitrogens is 3. The van der Waals surface area contributed by atoms with Gasteiger partial charge in [0.15, 0.2) is 17.5 Å². The highest BCUT2D eigenvalue weighted by atomic mass is 16.3. The summed E-state index contributed by atoms with van der Waals surface area (Å²) in [5.41, 5.74) is 15.7. The number of nitrogens with zero attached hydrogens (tertiary/aromatic N) is 3. The Kier molecular flexibility index (Phi) is 9.46. The van der Waals surface area contributed by atoms with Crippen molar-refractivity contribution in [3.8, 4) is 89.8 Å². The van der Waals surface area contributed by atoms with Crippen LogP contribution >= 0.6 is 0 Å². The van der Waals surface area contributed by atoms with Crippen molar-refractivity contribution in [3.63, 3.8) is 0 Å². The average Bonchev–Trinajstić information content (AvgIpc) is 3.76. The normalized spacial score (nSPS) is 11.4. The smallest absolute Gasteiger partial charge is 0.164 e. The molecule has 65 heavy (non-hydrogen) atoms. The van der Waals surface area contributed by atoms with Crippen LogP contribution in [0.3, 0.4) is 0 Å². The lowest BCUT2D eigenvalue weighted by atomic mass is 9.89. The van der Waals surface area contributed by atoms with E-state index in [4.69, 9.17) is 19.4 Å². The van der Waals surface area contributed by atoms with Crippen molar-refractivity contribution in [1.82, 2.24) is 15.0 Å². The van der Waals surface area contributed by atoms with Crippen molar-refractivity contribution in [2.24, 2.45) is 0 Å². The molecule has 0 atom stereocenters. The maximum absolute atomic E-state index is 6.82. The first-order valence-corrected chi connectivity index (χ1v) is 21.9. The van der Waals surface area contributed by atoms with Gasteiger partial charge >= 0.3 is 0 Å². The molecule has 4 nitrogen and oxygen atoms in total. The summed E-state index contributed by atoms with van der Waals surface area (Å²) in [5, 5.41) is 4.25. The summed E-state index contributed by atoms with van der Waals surface area (Å²) in [7, 11) is 0. The van der Waals surface area contributed by atoms with Gasteiger partial charge in [0.25, 0.3) is 0 Å². The van der Waals surface area contributed by atoms with Gasteiger partial charge in [0.2, 0.25) is 0 Å². The molecule has 12 rings (SSSR count). The fourth-order valence-corrected chi connectivity index (χ4v) is 9.10. The SMILES string of the molecule is c1ccc(-c2cc(-c3ccc(-c4nc(-c5ccccc5)nc(-c5ccc(-c6ccccc6)c6oc7cc8ccccc8cc7c56)n4)cc3)cc(-c3ccccc3-c3ccccc3)c2)cc1. The molecule has 304 valence electrons. The zero-order chi connectivity index (χ0) is 43.1. The molecule has 4 heteroatoms. The maximum atomic E-state index is 6.82. The summed E-state index contributed by atoms with van der Waals surface area (Å²) < 4.78 is 6.82. The van der Waals surface area contributed by atoms with Gasteiger partial charge < -0.3 is 4.42 Å². The molecule has 0 fully saturated rings. The third kappa shape index (κ3) is 7.13. The first-order valence-electron chi connectivity index (χ1n) is 21.9. The van der Waals surface area contributed by atoms with Gasteiger partial charge in [-0.1, -0.05) is 194 Å². The molecule has 0 saturated carbocycles. The van der Waals surface area contributed by atoms with Crippen LogP contribution in [0.4, 0.5) is 0 Å². The van der Waals surface area contributed by atoms with Crippen LogP contribution in [-0.2, 0) is 0 Å². The van der Waals surface area contributed by atoms with Gasteiger partial charge in [-0.05, 0) is 103 Å². The molecule has 0 spiro atoms. The molecule has 0 N–H and O–H groups in total. The van der Waals surface area contributed by atoms with Crippen molar-refractivity contribution in [2.45, 2.75) is 0 Å². The van der Waals surface area contributed by atoms with Crippen molar-refractivity contribution in [2.75, 3.05) is 0 Å². The van der Waals surface area contributed by atoms with Crippen molar-refractivity contribution in [1.29, 1.82) is 0 Å². The van der Waals surface area contributed by atoms with E-state index in [1.54, 1.807) is 0 Å². The van der Waals surface area contributed by atoms with Crippen LogP contribution in [0.1, 0.15) is 0 Å². The van der Waals surface area contributed by atoms with Crippen LogP contribution in [0.15, 0.2) is 241 Å². The minimum Gasteiger partial charge on any atom is -0.455 e. The summed E-state index contributed by atoms with van der Waals surface area (Å²) in [5.74, 6) is 1.77. The molecule has 0 aliphatic heterocycles. The monoisotopic (exact) mass is 829 g/mol. The fraction of sp³-hybridized carbons (Fsp3) is 0.